The molecule has 24 heavy (non-hydrogen) atoms. The topological polar surface area (TPSA) is 46.1 Å². The Balaban J connectivity index is 1.41. The van der Waals surface area contributed by atoms with Crippen LogP contribution in [0.25, 0.3) is 0 Å². The van der Waals surface area contributed by atoms with Crippen molar-refractivity contribution in [3.63, 3.8) is 0 Å². The molecule has 1 amide bonds. The van der Waals surface area contributed by atoms with Crippen LogP contribution in [0.3, 0.4) is 0 Å². The van der Waals surface area contributed by atoms with Crippen LogP contribution in [0.15, 0.2) is 39.0 Å². The summed E-state index contributed by atoms with van der Waals surface area (Å²) >= 11 is 4.65. The molecule has 4 nitrogen and oxygen atoms in total. The molecule has 0 saturated carbocycles. The van der Waals surface area contributed by atoms with Crippen molar-refractivity contribution in [1.29, 1.82) is 0 Å². The molecule has 0 N–H and O–H groups in total. The number of piperidine rings is 1. The fourth-order valence-electron chi connectivity index (χ4n) is 2.89. The lowest BCUT2D eigenvalue weighted by atomic mass is 9.90. The van der Waals surface area contributed by atoms with Crippen molar-refractivity contribution in [1.82, 2.24) is 15.1 Å². The number of nitrogens with zero attached hydrogens (tertiary/aromatic N) is 3. The monoisotopic (exact) mass is 379 g/mol. The van der Waals surface area contributed by atoms with Crippen molar-refractivity contribution in [3.8, 4) is 0 Å². The quantitative estimate of drug-likeness (QED) is 0.714. The minimum atomic E-state index is 0.221. The molecule has 128 valence electrons. The Bertz CT molecular complexity index is 654. The zero-order valence-electron chi connectivity index (χ0n) is 13.7. The molecule has 1 aromatic heterocycles. The molecule has 1 saturated heterocycles. The van der Waals surface area contributed by atoms with Gasteiger partial charge in [0.05, 0.1) is 5.75 Å². The van der Waals surface area contributed by atoms with Crippen LogP contribution in [0.5, 0.6) is 0 Å². The Hall–Kier alpha value is -1.05. The molecule has 1 aromatic carbocycles. The molecule has 0 radical (unpaired) electrons. The fraction of sp³-hybridized carbons (Fsp3) is 0.471. The number of rotatable bonds is 6. The molecule has 0 aliphatic carbocycles. The van der Waals surface area contributed by atoms with Crippen LogP contribution in [0, 0.1) is 5.92 Å². The van der Waals surface area contributed by atoms with Crippen LogP contribution in [-0.4, -0.2) is 46.1 Å². The van der Waals surface area contributed by atoms with Gasteiger partial charge in [-0.05, 0) is 37.0 Å². The number of likely N-dealkylation sites (tertiary alicyclic amines) is 1. The van der Waals surface area contributed by atoms with E-state index >= 15 is 0 Å². The lowest BCUT2D eigenvalue weighted by molar-refractivity contribution is -0.129. The lowest BCUT2D eigenvalue weighted by Crippen LogP contribution is -2.39. The molecule has 2 aromatic rings. The zero-order valence-corrected chi connectivity index (χ0v) is 16.1. The largest absolute Gasteiger partial charge is 0.342 e. The van der Waals surface area contributed by atoms with E-state index in [0.717, 1.165) is 41.0 Å². The van der Waals surface area contributed by atoms with Gasteiger partial charge in [-0.15, -0.1) is 10.2 Å². The van der Waals surface area contributed by atoms with Gasteiger partial charge in [0.1, 0.15) is 0 Å². The van der Waals surface area contributed by atoms with Gasteiger partial charge in [0.25, 0.3) is 0 Å². The Morgan fingerprint density at radius 1 is 1.21 bits per heavy atom. The van der Waals surface area contributed by atoms with Gasteiger partial charge >= 0.3 is 0 Å². The summed E-state index contributed by atoms with van der Waals surface area (Å²) < 4.78 is 1.83. The van der Waals surface area contributed by atoms with Gasteiger partial charge in [-0.1, -0.05) is 65.2 Å². The number of aromatic nitrogens is 2. The maximum atomic E-state index is 12.4. The van der Waals surface area contributed by atoms with Crippen molar-refractivity contribution in [2.24, 2.45) is 5.92 Å². The van der Waals surface area contributed by atoms with E-state index in [9.17, 15) is 4.79 Å². The highest BCUT2D eigenvalue weighted by Crippen LogP contribution is 2.28. The maximum Gasteiger partial charge on any atom is 0.233 e. The summed E-state index contributed by atoms with van der Waals surface area (Å²) in [5.41, 5.74) is 1.40. The smallest absolute Gasteiger partial charge is 0.233 e. The average Bonchev–Trinajstić information content (AvgIpc) is 3.09. The Kier molecular flexibility index (Phi) is 6.57. The molecule has 2 heterocycles. The SMILES string of the molecule is CSc1nnc(SCC(=O)N2CCC(Cc3ccccc3)CC2)s1. The van der Waals surface area contributed by atoms with Crippen LogP contribution >= 0.6 is 34.9 Å². The second-order valence-electron chi connectivity index (χ2n) is 5.84. The van der Waals surface area contributed by atoms with Crippen molar-refractivity contribution < 1.29 is 4.79 Å². The highest BCUT2D eigenvalue weighted by molar-refractivity contribution is 8.03. The predicted molar refractivity (Wildman–Crippen MR) is 102 cm³/mol. The molecule has 3 rings (SSSR count). The third-order valence-electron chi connectivity index (χ3n) is 4.22. The van der Waals surface area contributed by atoms with E-state index in [1.54, 1.807) is 23.1 Å². The van der Waals surface area contributed by atoms with E-state index < -0.39 is 0 Å². The van der Waals surface area contributed by atoms with Crippen LogP contribution in [-0.2, 0) is 11.2 Å². The van der Waals surface area contributed by atoms with E-state index in [-0.39, 0.29) is 5.91 Å². The summed E-state index contributed by atoms with van der Waals surface area (Å²) in [5, 5.41) is 8.16. The molecule has 1 fully saturated rings. The highest BCUT2D eigenvalue weighted by Gasteiger charge is 2.23. The summed E-state index contributed by atoms with van der Waals surface area (Å²) in [5.74, 6) is 1.38. The van der Waals surface area contributed by atoms with Gasteiger partial charge in [-0.3, -0.25) is 4.79 Å². The first-order chi connectivity index (χ1) is 11.7. The van der Waals surface area contributed by atoms with Gasteiger partial charge in [-0.25, -0.2) is 0 Å². The van der Waals surface area contributed by atoms with Crippen molar-refractivity contribution >= 4 is 40.8 Å². The lowest BCUT2D eigenvalue weighted by Gasteiger charge is -2.32. The van der Waals surface area contributed by atoms with Crippen LogP contribution in [0.1, 0.15) is 18.4 Å². The van der Waals surface area contributed by atoms with Gasteiger partial charge < -0.3 is 4.90 Å². The molecule has 1 aliphatic rings. The van der Waals surface area contributed by atoms with E-state index in [2.05, 4.69) is 40.5 Å². The molecule has 7 heteroatoms. The van der Waals surface area contributed by atoms with Crippen LogP contribution in [0.2, 0.25) is 0 Å². The number of thioether (sulfide) groups is 2. The number of hydrogen-bond donors (Lipinski definition) is 0. The maximum absolute atomic E-state index is 12.4. The molecule has 0 bridgehead atoms. The average molecular weight is 380 g/mol. The molecular formula is C17H21N3OS3. The predicted octanol–water partition coefficient (Wildman–Crippen LogP) is 3.83. The molecule has 0 spiro atoms. The van der Waals surface area contributed by atoms with Gasteiger partial charge in [0, 0.05) is 13.1 Å². The van der Waals surface area contributed by atoms with E-state index in [0.29, 0.717) is 11.7 Å². The zero-order chi connectivity index (χ0) is 16.8. The second-order valence-corrected chi connectivity index (χ2v) is 9.09. The van der Waals surface area contributed by atoms with E-state index in [1.807, 2.05) is 11.2 Å². The van der Waals surface area contributed by atoms with Crippen LogP contribution in [0.4, 0.5) is 0 Å². The molecular weight excluding hydrogens is 358 g/mol. The second kappa shape index (κ2) is 8.87. The first kappa shape index (κ1) is 17.8. The number of amides is 1. The van der Waals surface area contributed by atoms with E-state index in [4.69, 9.17) is 0 Å². The number of benzene rings is 1. The van der Waals surface area contributed by atoms with Crippen molar-refractivity contribution in [2.75, 3.05) is 25.1 Å². The van der Waals surface area contributed by atoms with Crippen LogP contribution < -0.4 is 0 Å². The number of carbonyl (C=O) groups is 1. The summed E-state index contributed by atoms with van der Waals surface area (Å²) in [7, 11) is 0. The fourth-order valence-corrected chi connectivity index (χ4v) is 5.23. The Labute approximate surface area is 155 Å². The van der Waals surface area contributed by atoms with E-state index in [1.165, 1.54) is 17.3 Å². The third-order valence-corrected chi connectivity index (χ3v) is 7.23. The highest BCUT2D eigenvalue weighted by atomic mass is 32.2. The van der Waals surface area contributed by atoms with Gasteiger partial charge in [0.2, 0.25) is 5.91 Å². The Morgan fingerprint density at radius 3 is 2.58 bits per heavy atom. The molecule has 0 atom stereocenters. The number of carbonyl (C=O) groups excluding carboxylic acids is 1. The summed E-state index contributed by atoms with van der Waals surface area (Å²) in [4.78, 5) is 14.4. The first-order valence-corrected chi connectivity index (χ1v) is 11.1. The van der Waals surface area contributed by atoms with Crippen molar-refractivity contribution in [2.45, 2.75) is 27.9 Å². The minimum absolute atomic E-state index is 0.221. The number of hydrogen-bond acceptors (Lipinski definition) is 6. The minimum Gasteiger partial charge on any atom is -0.342 e. The first-order valence-electron chi connectivity index (χ1n) is 8.06. The summed E-state index contributed by atoms with van der Waals surface area (Å²) in [6.07, 6.45) is 5.31. The Morgan fingerprint density at radius 2 is 1.92 bits per heavy atom. The van der Waals surface area contributed by atoms with Crippen molar-refractivity contribution in [3.05, 3.63) is 35.9 Å². The van der Waals surface area contributed by atoms with Gasteiger partial charge in [0.15, 0.2) is 8.68 Å². The standard InChI is InChI=1S/C17H21N3OS3/c1-22-16-18-19-17(24-16)23-12-15(21)20-9-7-14(8-10-20)11-13-5-3-2-4-6-13/h2-6,14H,7-12H2,1H3. The van der Waals surface area contributed by atoms with Gasteiger partial charge in [-0.2, -0.15) is 0 Å². The summed E-state index contributed by atoms with van der Waals surface area (Å²) in [6, 6.07) is 10.6. The molecule has 1 aliphatic heterocycles. The normalized spacial score (nSPS) is 15.6. The molecule has 0 unspecified atom stereocenters. The summed E-state index contributed by atoms with van der Waals surface area (Å²) in [6.45, 7) is 1.76. The third kappa shape index (κ3) is 4.97.